The van der Waals surface area contributed by atoms with Crippen molar-refractivity contribution in [1.29, 1.82) is 0 Å². The fourth-order valence-corrected chi connectivity index (χ4v) is 6.26. The van der Waals surface area contributed by atoms with Crippen LogP contribution in [0.25, 0.3) is 0 Å². The van der Waals surface area contributed by atoms with E-state index in [1.807, 2.05) is 0 Å². The molecule has 0 radical (unpaired) electrons. The number of benzene rings is 1. The van der Waals surface area contributed by atoms with Crippen LogP contribution in [0.2, 0.25) is 0 Å². The van der Waals surface area contributed by atoms with Crippen LogP contribution in [0.15, 0.2) is 29.2 Å². The maximum Gasteiger partial charge on any atom is 0.243 e. The molecule has 4 rings (SSSR count). The first-order valence-corrected chi connectivity index (χ1v) is 11.7. The van der Waals surface area contributed by atoms with Crippen molar-refractivity contribution < 1.29 is 17.6 Å². The second-order valence-corrected chi connectivity index (χ2v) is 10.3. The van der Waals surface area contributed by atoms with Gasteiger partial charge < -0.3 is 5.32 Å². The molecule has 0 bridgehead atoms. The van der Waals surface area contributed by atoms with Crippen molar-refractivity contribution in [3.63, 3.8) is 0 Å². The van der Waals surface area contributed by atoms with Crippen molar-refractivity contribution in [3.05, 3.63) is 40.7 Å². The summed E-state index contributed by atoms with van der Waals surface area (Å²) < 4.78 is 39.8. The summed E-state index contributed by atoms with van der Waals surface area (Å²) in [5, 5.41) is 3.49. The highest BCUT2D eigenvalue weighted by molar-refractivity contribution is 7.89. The number of carbonyl (C=O) groups excluding carboxylic acids is 1. The molecule has 2 aromatic rings. The molecule has 0 spiro atoms. The molecule has 1 N–H and O–H groups in total. The van der Waals surface area contributed by atoms with Crippen molar-refractivity contribution in [2.45, 2.75) is 43.4 Å². The smallest absolute Gasteiger partial charge is 0.243 e. The number of hydrogen-bond acceptors (Lipinski definition) is 5. The molecule has 150 valence electrons. The van der Waals surface area contributed by atoms with Crippen LogP contribution in [-0.4, -0.2) is 36.7 Å². The number of amides is 1. The molecule has 1 amide bonds. The first-order valence-electron chi connectivity index (χ1n) is 9.48. The molecule has 1 fully saturated rings. The number of nitrogens with zero attached hydrogens (tertiary/aromatic N) is 2. The van der Waals surface area contributed by atoms with E-state index in [2.05, 4.69) is 10.3 Å². The molecule has 1 atom stereocenters. The number of sulfonamides is 1. The highest BCUT2D eigenvalue weighted by Crippen LogP contribution is 2.30. The van der Waals surface area contributed by atoms with Crippen molar-refractivity contribution >= 4 is 32.4 Å². The van der Waals surface area contributed by atoms with E-state index in [0.29, 0.717) is 11.6 Å². The van der Waals surface area contributed by atoms with Gasteiger partial charge in [0, 0.05) is 18.0 Å². The highest BCUT2D eigenvalue weighted by atomic mass is 32.2. The van der Waals surface area contributed by atoms with E-state index in [1.54, 1.807) is 0 Å². The Morgan fingerprint density at radius 1 is 1.18 bits per heavy atom. The predicted molar refractivity (Wildman–Crippen MR) is 105 cm³/mol. The molecule has 2 aliphatic rings. The van der Waals surface area contributed by atoms with Crippen molar-refractivity contribution in [1.82, 2.24) is 9.29 Å². The van der Waals surface area contributed by atoms with Gasteiger partial charge in [-0.3, -0.25) is 4.79 Å². The zero-order valence-electron chi connectivity index (χ0n) is 15.4. The second-order valence-electron chi connectivity index (χ2n) is 7.24. The van der Waals surface area contributed by atoms with Crippen LogP contribution >= 0.6 is 11.3 Å². The summed E-state index contributed by atoms with van der Waals surface area (Å²) >= 11 is 1.53. The van der Waals surface area contributed by atoms with Gasteiger partial charge in [-0.1, -0.05) is 6.42 Å². The Morgan fingerprint density at radius 2 is 1.93 bits per heavy atom. The molecule has 1 aliphatic heterocycles. The lowest BCUT2D eigenvalue weighted by Crippen LogP contribution is -2.31. The lowest BCUT2D eigenvalue weighted by molar-refractivity contribution is -0.119. The first kappa shape index (κ1) is 19.5. The second kappa shape index (κ2) is 7.88. The number of anilines is 1. The van der Waals surface area contributed by atoms with Crippen molar-refractivity contribution in [2.75, 3.05) is 18.4 Å². The number of aromatic nitrogens is 1. The van der Waals surface area contributed by atoms with E-state index in [-0.39, 0.29) is 23.9 Å². The van der Waals surface area contributed by atoms with Crippen LogP contribution in [-0.2, 0) is 27.7 Å². The molecule has 28 heavy (non-hydrogen) atoms. The Hall–Kier alpha value is -1.84. The fourth-order valence-electron chi connectivity index (χ4n) is 3.71. The van der Waals surface area contributed by atoms with Crippen molar-refractivity contribution in [3.8, 4) is 0 Å². The minimum atomic E-state index is -3.73. The third kappa shape index (κ3) is 3.97. The fraction of sp³-hybridized carbons (Fsp3) is 0.474. The Morgan fingerprint density at radius 3 is 2.71 bits per heavy atom. The summed E-state index contributed by atoms with van der Waals surface area (Å²) in [6, 6.07) is 4.75. The van der Waals surface area contributed by atoms with Crippen LogP contribution in [0.4, 0.5) is 9.52 Å². The van der Waals surface area contributed by atoms with Crippen LogP contribution in [0.5, 0.6) is 0 Å². The van der Waals surface area contributed by atoms with Crippen LogP contribution < -0.4 is 5.32 Å². The topological polar surface area (TPSA) is 79.4 Å². The molecule has 0 saturated carbocycles. The van der Waals surface area contributed by atoms with Crippen LogP contribution in [0.3, 0.4) is 0 Å². The standard InChI is InChI=1S/C19H22FN3O3S2/c20-14-6-8-15(9-7-14)28(25,26)23-11-10-13(12-23)18(24)22-19-21-16-4-2-1-3-5-17(16)27-19/h6-9,13H,1-5,10-12H2,(H,21,22,24)/t13-/m0/s1. The van der Waals surface area contributed by atoms with Gasteiger partial charge in [0.1, 0.15) is 5.82 Å². The normalized spacial score (nSPS) is 20.5. The summed E-state index contributed by atoms with van der Waals surface area (Å²) in [7, 11) is -3.73. The number of fused-ring (bicyclic) bond motifs is 1. The maximum absolute atomic E-state index is 13.1. The van der Waals surface area contributed by atoms with Gasteiger partial charge in [0.15, 0.2) is 5.13 Å². The Labute approximate surface area is 167 Å². The monoisotopic (exact) mass is 423 g/mol. The SMILES string of the molecule is O=C(Nc1nc2c(s1)CCCCC2)[C@H]1CCN(S(=O)(=O)c2ccc(F)cc2)C1. The molecule has 6 nitrogen and oxygen atoms in total. The average molecular weight is 424 g/mol. The number of halogens is 1. The molecular formula is C19H22FN3O3S2. The largest absolute Gasteiger partial charge is 0.302 e. The van der Waals surface area contributed by atoms with Gasteiger partial charge >= 0.3 is 0 Å². The summed E-state index contributed by atoms with van der Waals surface area (Å²) in [5.74, 6) is -1.10. The molecule has 2 heterocycles. The third-order valence-electron chi connectivity index (χ3n) is 5.30. The quantitative estimate of drug-likeness (QED) is 0.766. The van der Waals surface area contributed by atoms with Gasteiger partial charge in [-0.05, 0) is 56.4 Å². The van der Waals surface area contributed by atoms with Gasteiger partial charge in [0.2, 0.25) is 15.9 Å². The lowest BCUT2D eigenvalue weighted by atomic mass is 10.1. The molecule has 1 aromatic carbocycles. The molecule has 0 unspecified atom stereocenters. The van der Waals surface area contributed by atoms with E-state index < -0.39 is 21.8 Å². The Balaban J connectivity index is 1.41. The molecule has 1 aliphatic carbocycles. The predicted octanol–water partition coefficient (Wildman–Crippen LogP) is 3.20. The van der Waals surface area contributed by atoms with Crippen molar-refractivity contribution in [2.24, 2.45) is 5.92 Å². The zero-order chi connectivity index (χ0) is 19.7. The third-order valence-corrected chi connectivity index (χ3v) is 8.25. The molecule has 1 saturated heterocycles. The van der Waals surface area contributed by atoms with E-state index in [9.17, 15) is 17.6 Å². The van der Waals surface area contributed by atoms with E-state index in [4.69, 9.17) is 0 Å². The molecule has 1 aromatic heterocycles. The number of rotatable bonds is 4. The summed E-state index contributed by atoms with van der Waals surface area (Å²) in [4.78, 5) is 18.5. The zero-order valence-corrected chi connectivity index (χ0v) is 17.0. The maximum atomic E-state index is 13.1. The number of nitrogens with one attached hydrogen (secondary N) is 1. The summed E-state index contributed by atoms with van der Waals surface area (Å²) in [5.41, 5.74) is 1.09. The minimum Gasteiger partial charge on any atom is -0.302 e. The Kier molecular flexibility index (Phi) is 5.48. The van der Waals surface area contributed by atoms with E-state index >= 15 is 0 Å². The highest BCUT2D eigenvalue weighted by Gasteiger charge is 2.36. The van der Waals surface area contributed by atoms with E-state index in [1.165, 1.54) is 39.1 Å². The average Bonchev–Trinajstić information content (AvgIpc) is 3.25. The van der Waals surface area contributed by atoms with Gasteiger partial charge in [0.05, 0.1) is 16.5 Å². The number of carbonyl (C=O) groups is 1. The van der Waals surface area contributed by atoms with Gasteiger partial charge in [-0.15, -0.1) is 11.3 Å². The lowest BCUT2D eigenvalue weighted by Gasteiger charge is -2.16. The summed E-state index contributed by atoms with van der Waals surface area (Å²) in [6.07, 6.45) is 5.91. The van der Waals surface area contributed by atoms with E-state index in [0.717, 1.165) is 43.5 Å². The van der Waals surface area contributed by atoms with Crippen LogP contribution in [0.1, 0.15) is 36.3 Å². The van der Waals surface area contributed by atoms with Gasteiger partial charge in [-0.25, -0.2) is 17.8 Å². The minimum absolute atomic E-state index is 0.0404. The molecular weight excluding hydrogens is 401 g/mol. The summed E-state index contributed by atoms with van der Waals surface area (Å²) in [6.45, 7) is 0.392. The van der Waals surface area contributed by atoms with Gasteiger partial charge in [0.25, 0.3) is 0 Å². The Bertz CT molecular complexity index is 949. The van der Waals surface area contributed by atoms with Gasteiger partial charge in [-0.2, -0.15) is 4.31 Å². The molecule has 9 heteroatoms. The number of thiazole rings is 1. The first-order chi connectivity index (χ1) is 13.4. The van der Waals surface area contributed by atoms with Crippen LogP contribution in [0, 0.1) is 11.7 Å². The number of aryl methyl sites for hydroxylation is 2. The number of hydrogen-bond donors (Lipinski definition) is 1.